The molecule has 2 aromatic rings. The van der Waals surface area contributed by atoms with Crippen LogP contribution < -0.4 is 5.73 Å². The third-order valence-electron chi connectivity index (χ3n) is 3.37. The van der Waals surface area contributed by atoms with Crippen molar-refractivity contribution in [3.8, 4) is 0 Å². The van der Waals surface area contributed by atoms with Crippen molar-refractivity contribution in [1.82, 2.24) is 0 Å². The van der Waals surface area contributed by atoms with Gasteiger partial charge in [-0.15, -0.1) is 0 Å². The Morgan fingerprint density at radius 3 is 2.16 bits per heavy atom. The van der Waals surface area contributed by atoms with Crippen molar-refractivity contribution in [2.45, 2.75) is 26.8 Å². The minimum absolute atomic E-state index is 0.119. The van der Waals surface area contributed by atoms with Crippen LogP contribution >= 0.6 is 31.9 Å². The molecule has 2 rings (SSSR count). The molecule has 1 unspecified atom stereocenters. The van der Waals surface area contributed by atoms with Gasteiger partial charge >= 0.3 is 0 Å². The average Bonchev–Trinajstić information content (AvgIpc) is 2.33. The molecule has 1 atom stereocenters. The third-order valence-corrected chi connectivity index (χ3v) is 4.91. The highest BCUT2D eigenvalue weighted by Crippen LogP contribution is 2.32. The van der Waals surface area contributed by atoms with Crippen LogP contribution in [0.4, 0.5) is 0 Å². The van der Waals surface area contributed by atoms with E-state index >= 15 is 0 Å². The van der Waals surface area contributed by atoms with E-state index in [4.69, 9.17) is 5.73 Å². The molecule has 0 radical (unpaired) electrons. The van der Waals surface area contributed by atoms with Crippen LogP contribution in [0.3, 0.4) is 0 Å². The van der Waals surface area contributed by atoms with Crippen molar-refractivity contribution in [3.63, 3.8) is 0 Å². The summed E-state index contributed by atoms with van der Waals surface area (Å²) >= 11 is 7.19. The fourth-order valence-electron chi connectivity index (χ4n) is 2.24. The highest BCUT2D eigenvalue weighted by atomic mass is 79.9. The number of benzene rings is 2. The zero-order chi connectivity index (χ0) is 14.2. The molecule has 2 aromatic carbocycles. The monoisotopic (exact) mass is 381 g/mol. The Bertz CT molecular complexity index is 620. The molecule has 0 aliphatic rings. The minimum atomic E-state index is -0.119. The fraction of sp³-hybridized carbons (Fsp3) is 0.250. The fourth-order valence-corrected chi connectivity index (χ4v) is 3.31. The van der Waals surface area contributed by atoms with Crippen LogP contribution in [0.2, 0.25) is 0 Å². The molecule has 0 aliphatic carbocycles. The summed E-state index contributed by atoms with van der Waals surface area (Å²) in [6.07, 6.45) is 0. The Morgan fingerprint density at radius 1 is 0.842 bits per heavy atom. The number of halogens is 2. The van der Waals surface area contributed by atoms with Gasteiger partial charge in [-0.05, 0) is 55.2 Å². The SMILES string of the molecule is Cc1ccc(C(N)c2cc(Br)c(C)cc2Br)c(C)c1. The van der Waals surface area contributed by atoms with Crippen molar-refractivity contribution in [3.05, 3.63) is 67.1 Å². The van der Waals surface area contributed by atoms with Crippen molar-refractivity contribution < 1.29 is 0 Å². The first-order valence-electron chi connectivity index (χ1n) is 6.18. The standard InChI is InChI=1S/C16H17Br2N/c1-9-4-5-12(10(2)6-9)16(19)13-8-14(17)11(3)7-15(13)18/h4-8,16H,19H2,1-3H3. The largest absolute Gasteiger partial charge is 0.320 e. The Kier molecular flexibility index (Phi) is 4.49. The van der Waals surface area contributed by atoms with Gasteiger partial charge in [0.05, 0.1) is 6.04 Å². The molecule has 3 heteroatoms. The van der Waals surface area contributed by atoms with Crippen LogP contribution in [-0.2, 0) is 0 Å². The Hall–Kier alpha value is -0.640. The van der Waals surface area contributed by atoms with Gasteiger partial charge in [0, 0.05) is 8.95 Å². The zero-order valence-electron chi connectivity index (χ0n) is 11.3. The van der Waals surface area contributed by atoms with E-state index in [1.165, 1.54) is 22.3 Å². The van der Waals surface area contributed by atoms with Gasteiger partial charge in [0.15, 0.2) is 0 Å². The van der Waals surface area contributed by atoms with E-state index < -0.39 is 0 Å². The first-order valence-corrected chi connectivity index (χ1v) is 7.77. The highest BCUT2D eigenvalue weighted by molar-refractivity contribution is 9.11. The zero-order valence-corrected chi connectivity index (χ0v) is 14.5. The quantitative estimate of drug-likeness (QED) is 0.760. The van der Waals surface area contributed by atoms with E-state index in [-0.39, 0.29) is 6.04 Å². The lowest BCUT2D eigenvalue weighted by molar-refractivity contribution is 0.853. The Balaban J connectivity index is 2.49. The first kappa shape index (κ1) is 14.8. The molecule has 0 bridgehead atoms. The lowest BCUT2D eigenvalue weighted by Crippen LogP contribution is -2.14. The number of aryl methyl sites for hydroxylation is 3. The maximum absolute atomic E-state index is 6.44. The van der Waals surface area contributed by atoms with E-state index in [0.29, 0.717) is 0 Å². The number of rotatable bonds is 2. The summed E-state index contributed by atoms with van der Waals surface area (Å²) in [6.45, 7) is 6.28. The Labute approximate surface area is 131 Å². The van der Waals surface area contributed by atoms with Gasteiger partial charge in [0.25, 0.3) is 0 Å². The number of nitrogens with two attached hydrogens (primary N) is 1. The molecule has 100 valence electrons. The maximum Gasteiger partial charge on any atom is 0.0565 e. The molecule has 0 aliphatic heterocycles. The summed E-state index contributed by atoms with van der Waals surface area (Å²) in [5.74, 6) is 0. The van der Waals surface area contributed by atoms with Crippen LogP contribution in [0.1, 0.15) is 33.9 Å². The molecule has 0 amide bonds. The van der Waals surface area contributed by atoms with Gasteiger partial charge < -0.3 is 5.73 Å². The van der Waals surface area contributed by atoms with E-state index in [1.807, 2.05) is 0 Å². The number of hydrogen-bond acceptors (Lipinski definition) is 1. The van der Waals surface area contributed by atoms with Crippen LogP contribution in [0.5, 0.6) is 0 Å². The lowest BCUT2D eigenvalue weighted by atomic mass is 9.94. The summed E-state index contributed by atoms with van der Waals surface area (Å²) in [6, 6.07) is 10.5. The Morgan fingerprint density at radius 2 is 1.53 bits per heavy atom. The lowest BCUT2D eigenvalue weighted by Gasteiger charge is -2.18. The predicted molar refractivity (Wildman–Crippen MR) is 88.5 cm³/mol. The maximum atomic E-state index is 6.44. The molecule has 0 saturated heterocycles. The van der Waals surface area contributed by atoms with Crippen LogP contribution in [0.25, 0.3) is 0 Å². The molecule has 0 fully saturated rings. The van der Waals surface area contributed by atoms with Gasteiger partial charge in [0.1, 0.15) is 0 Å². The molecule has 0 spiro atoms. The third kappa shape index (κ3) is 3.10. The summed E-state index contributed by atoms with van der Waals surface area (Å²) in [5.41, 5.74) is 12.4. The summed E-state index contributed by atoms with van der Waals surface area (Å²) < 4.78 is 2.14. The normalized spacial score (nSPS) is 12.5. The minimum Gasteiger partial charge on any atom is -0.320 e. The van der Waals surface area contributed by atoms with Crippen molar-refractivity contribution in [2.24, 2.45) is 5.73 Å². The van der Waals surface area contributed by atoms with E-state index in [2.05, 4.69) is 83.0 Å². The molecule has 0 saturated carbocycles. The second kappa shape index (κ2) is 5.78. The first-order chi connectivity index (χ1) is 8.90. The summed E-state index contributed by atoms with van der Waals surface area (Å²) in [7, 11) is 0. The topological polar surface area (TPSA) is 26.0 Å². The highest BCUT2D eigenvalue weighted by Gasteiger charge is 2.15. The van der Waals surface area contributed by atoms with Crippen LogP contribution in [0.15, 0.2) is 39.3 Å². The molecule has 2 N–H and O–H groups in total. The molecule has 0 heterocycles. The van der Waals surface area contributed by atoms with Gasteiger partial charge in [-0.3, -0.25) is 0 Å². The van der Waals surface area contributed by atoms with Gasteiger partial charge in [-0.1, -0.05) is 55.6 Å². The second-order valence-electron chi connectivity index (χ2n) is 4.96. The van der Waals surface area contributed by atoms with Crippen LogP contribution in [-0.4, -0.2) is 0 Å². The molecule has 0 aromatic heterocycles. The van der Waals surface area contributed by atoms with Gasteiger partial charge in [0.2, 0.25) is 0 Å². The molecule has 19 heavy (non-hydrogen) atoms. The van der Waals surface area contributed by atoms with Gasteiger partial charge in [-0.25, -0.2) is 0 Å². The van der Waals surface area contributed by atoms with Gasteiger partial charge in [-0.2, -0.15) is 0 Å². The second-order valence-corrected chi connectivity index (χ2v) is 6.67. The van der Waals surface area contributed by atoms with Crippen molar-refractivity contribution >= 4 is 31.9 Å². The van der Waals surface area contributed by atoms with Crippen molar-refractivity contribution in [2.75, 3.05) is 0 Å². The summed E-state index contributed by atoms with van der Waals surface area (Å²) in [4.78, 5) is 0. The van der Waals surface area contributed by atoms with E-state index in [1.54, 1.807) is 0 Å². The van der Waals surface area contributed by atoms with Crippen molar-refractivity contribution in [1.29, 1.82) is 0 Å². The average molecular weight is 383 g/mol. The molecular formula is C16H17Br2N. The van der Waals surface area contributed by atoms with E-state index in [0.717, 1.165) is 14.5 Å². The number of hydrogen-bond donors (Lipinski definition) is 1. The van der Waals surface area contributed by atoms with E-state index in [9.17, 15) is 0 Å². The predicted octanol–water partition coefficient (Wildman–Crippen LogP) is 5.18. The van der Waals surface area contributed by atoms with Crippen LogP contribution in [0, 0.1) is 20.8 Å². The molecular weight excluding hydrogens is 366 g/mol. The summed E-state index contributed by atoms with van der Waals surface area (Å²) in [5, 5.41) is 0. The molecule has 1 nitrogen and oxygen atoms in total. The smallest absolute Gasteiger partial charge is 0.0565 e.